The molecule has 6 nitrogen and oxygen atoms in total. The van der Waals surface area contributed by atoms with Crippen molar-refractivity contribution < 1.29 is 13.7 Å². The molecule has 3 aromatic rings. The van der Waals surface area contributed by atoms with Crippen molar-refractivity contribution in [3.05, 3.63) is 48.4 Å². The normalized spacial score (nSPS) is 16.9. The monoisotopic (exact) mass is 340 g/mol. The highest BCUT2D eigenvalue weighted by Gasteiger charge is 2.15. The summed E-state index contributed by atoms with van der Waals surface area (Å²) in [6, 6.07) is 9.79. The van der Waals surface area contributed by atoms with E-state index in [0.29, 0.717) is 22.8 Å². The molecule has 1 aliphatic rings. The smallest absolute Gasteiger partial charge is 0.259 e. The van der Waals surface area contributed by atoms with Gasteiger partial charge in [0.05, 0.1) is 11.7 Å². The fourth-order valence-electron chi connectivity index (χ4n) is 2.73. The first-order valence-electron chi connectivity index (χ1n) is 8.19. The van der Waals surface area contributed by atoms with E-state index in [1.54, 1.807) is 18.3 Å². The van der Waals surface area contributed by atoms with Crippen LogP contribution < -0.4 is 5.32 Å². The van der Waals surface area contributed by atoms with Gasteiger partial charge in [-0.1, -0.05) is 17.3 Å². The Morgan fingerprint density at radius 3 is 2.92 bits per heavy atom. The van der Waals surface area contributed by atoms with E-state index in [2.05, 4.69) is 20.4 Å². The van der Waals surface area contributed by atoms with Crippen molar-refractivity contribution in [3.8, 4) is 22.8 Å². The number of nitrogens with one attached hydrogen (secondary N) is 1. The minimum absolute atomic E-state index is 0.256. The second-order valence-electron chi connectivity index (χ2n) is 5.88. The second kappa shape index (κ2) is 6.98. The lowest BCUT2D eigenvalue weighted by Gasteiger charge is -2.11. The molecule has 1 fully saturated rings. The topological polar surface area (TPSA) is 73.1 Å². The molecule has 0 aliphatic carbocycles. The number of nitrogens with zero attached hydrogens (tertiary/aromatic N) is 3. The predicted octanol–water partition coefficient (Wildman–Crippen LogP) is 3.53. The van der Waals surface area contributed by atoms with Gasteiger partial charge in [-0.05, 0) is 37.1 Å². The van der Waals surface area contributed by atoms with Crippen molar-refractivity contribution in [2.24, 2.45) is 0 Å². The largest absolute Gasteiger partial charge is 0.376 e. The summed E-state index contributed by atoms with van der Waals surface area (Å²) in [5.41, 5.74) is 1.27. The Balaban J connectivity index is 1.45. The first-order chi connectivity index (χ1) is 12.3. The van der Waals surface area contributed by atoms with Crippen molar-refractivity contribution in [1.82, 2.24) is 15.1 Å². The number of pyridine rings is 1. The Hall–Kier alpha value is -2.80. The van der Waals surface area contributed by atoms with Crippen LogP contribution in [0.15, 0.2) is 47.1 Å². The molecule has 1 saturated heterocycles. The van der Waals surface area contributed by atoms with Crippen LogP contribution in [-0.4, -0.2) is 34.4 Å². The molecular weight excluding hydrogens is 323 g/mol. The van der Waals surface area contributed by atoms with E-state index in [1.807, 2.05) is 12.1 Å². The highest BCUT2D eigenvalue weighted by molar-refractivity contribution is 5.60. The number of anilines is 1. The number of benzene rings is 1. The van der Waals surface area contributed by atoms with Crippen LogP contribution in [0.1, 0.15) is 12.8 Å². The van der Waals surface area contributed by atoms with Crippen LogP contribution >= 0.6 is 0 Å². The quantitative estimate of drug-likeness (QED) is 0.766. The van der Waals surface area contributed by atoms with Crippen molar-refractivity contribution in [2.75, 3.05) is 18.5 Å². The molecule has 4 rings (SSSR count). The highest BCUT2D eigenvalue weighted by atomic mass is 19.1. The summed E-state index contributed by atoms with van der Waals surface area (Å²) in [5, 5.41) is 7.16. The van der Waals surface area contributed by atoms with E-state index in [1.165, 1.54) is 12.1 Å². The molecule has 0 saturated carbocycles. The van der Waals surface area contributed by atoms with Crippen molar-refractivity contribution in [1.29, 1.82) is 0 Å². The van der Waals surface area contributed by atoms with E-state index in [9.17, 15) is 4.39 Å². The van der Waals surface area contributed by atoms with Gasteiger partial charge >= 0.3 is 0 Å². The van der Waals surface area contributed by atoms with Gasteiger partial charge < -0.3 is 14.6 Å². The zero-order chi connectivity index (χ0) is 17.1. The molecule has 1 aliphatic heterocycles. The third-order valence-electron chi connectivity index (χ3n) is 4.05. The first-order valence-corrected chi connectivity index (χ1v) is 8.19. The maximum Gasteiger partial charge on any atom is 0.259 e. The van der Waals surface area contributed by atoms with E-state index in [4.69, 9.17) is 9.26 Å². The average Bonchev–Trinajstić information content (AvgIpc) is 3.32. The van der Waals surface area contributed by atoms with Gasteiger partial charge in [-0.25, -0.2) is 9.37 Å². The van der Waals surface area contributed by atoms with E-state index >= 15 is 0 Å². The lowest BCUT2D eigenvalue weighted by atomic mass is 10.2. The SMILES string of the molecule is Fc1cccc(-c2noc(-c3ccc(NCC4CCCO4)nc3)n2)c1. The summed E-state index contributed by atoms with van der Waals surface area (Å²) in [7, 11) is 0. The molecule has 0 spiro atoms. The van der Waals surface area contributed by atoms with Gasteiger partial charge in [0.15, 0.2) is 0 Å². The third kappa shape index (κ3) is 3.66. The molecule has 0 amide bonds. The molecule has 0 bridgehead atoms. The number of ether oxygens (including phenoxy) is 1. The Bertz CT molecular complexity index is 844. The molecule has 25 heavy (non-hydrogen) atoms. The average molecular weight is 340 g/mol. The molecule has 2 aromatic heterocycles. The summed E-state index contributed by atoms with van der Waals surface area (Å²) in [5.74, 6) is 1.11. The van der Waals surface area contributed by atoms with Gasteiger partial charge in [-0.15, -0.1) is 0 Å². The molecule has 0 radical (unpaired) electrons. The standard InChI is InChI=1S/C18H17FN4O2/c19-14-4-1-3-12(9-14)17-22-18(25-23-17)13-6-7-16(20-10-13)21-11-15-5-2-8-24-15/h1,3-4,6-7,9-10,15H,2,5,8,11H2,(H,20,21). The molecule has 1 atom stereocenters. The lowest BCUT2D eigenvalue weighted by molar-refractivity contribution is 0.120. The van der Waals surface area contributed by atoms with Crippen molar-refractivity contribution in [2.45, 2.75) is 18.9 Å². The molecule has 1 aromatic carbocycles. The Morgan fingerprint density at radius 2 is 2.16 bits per heavy atom. The summed E-state index contributed by atoms with van der Waals surface area (Å²) < 4.78 is 24.1. The van der Waals surface area contributed by atoms with Gasteiger partial charge in [-0.2, -0.15) is 4.98 Å². The number of hydrogen-bond donors (Lipinski definition) is 1. The van der Waals surface area contributed by atoms with Crippen LogP contribution in [0.25, 0.3) is 22.8 Å². The Kier molecular flexibility index (Phi) is 4.39. The van der Waals surface area contributed by atoms with Crippen LogP contribution in [0.4, 0.5) is 10.2 Å². The van der Waals surface area contributed by atoms with Crippen LogP contribution in [0.3, 0.4) is 0 Å². The number of hydrogen-bond acceptors (Lipinski definition) is 6. The first kappa shape index (κ1) is 15.7. The lowest BCUT2D eigenvalue weighted by Crippen LogP contribution is -2.18. The van der Waals surface area contributed by atoms with Crippen LogP contribution in [0.2, 0.25) is 0 Å². The van der Waals surface area contributed by atoms with Crippen LogP contribution in [0, 0.1) is 5.82 Å². The zero-order valence-electron chi connectivity index (χ0n) is 13.5. The number of aromatic nitrogens is 3. The maximum atomic E-state index is 13.3. The molecule has 1 N–H and O–H groups in total. The van der Waals surface area contributed by atoms with Crippen molar-refractivity contribution in [3.63, 3.8) is 0 Å². The summed E-state index contributed by atoms with van der Waals surface area (Å²) in [6.45, 7) is 1.58. The van der Waals surface area contributed by atoms with Crippen LogP contribution in [0.5, 0.6) is 0 Å². The van der Waals surface area contributed by atoms with E-state index in [-0.39, 0.29) is 11.9 Å². The van der Waals surface area contributed by atoms with E-state index < -0.39 is 0 Å². The number of halogens is 1. The Morgan fingerprint density at radius 1 is 1.20 bits per heavy atom. The Labute approximate surface area is 144 Å². The fraction of sp³-hybridized carbons (Fsp3) is 0.278. The molecule has 7 heteroatoms. The summed E-state index contributed by atoms with van der Waals surface area (Å²) >= 11 is 0. The minimum Gasteiger partial charge on any atom is -0.376 e. The third-order valence-corrected chi connectivity index (χ3v) is 4.05. The minimum atomic E-state index is -0.341. The number of rotatable bonds is 5. The van der Waals surface area contributed by atoms with Gasteiger partial charge in [0.1, 0.15) is 11.6 Å². The molecule has 1 unspecified atom stereocenters. The van der Waals surface area contributed by atoms with E-state index in [0.717, 1.165) is 31.8 Å². The molecule has 3 heterocycles. The van der Waals surface area contributed by atoms with Crippen molar-refractivity contribution >= 4 is 5.82 Å². The van der Waals surface area contributed by atoms with Gasteiger partial charge in [0, 0.05) is 24.9 Å². The molecular formula is C18H17FN4O2. The van der Waals surface area contributed by atoms with Crippen LogP contribution in [-0.2, 0) is 4.74 Å². The van der Waals surface area contributed by atoms with Gasteiger partial charge in [-0.3, -0.25) is 0 Å². The fourth-order valence-corrected chi connectivity index (χ4v) is 2.73. The predicted molar refractivity (Wildman–Crippen MR) is 90.4 cm³/mol. The molecule has 128 valence electrons. The summed E-state index contributed by atoms with van der Waals surface area (Å²) in [6.07, 6.45) is 4.12. The van der Waals surface area contributed by atoms with Gasteiger partial charge in [0.2, 0.25) is 5.82 Å². The highest BCUT2D eigenvalue weighted by Crippen LogP contribution is 2.23. The maximum absolute atomic E-state index is 13.3. The zero-order valence-corrected chi connectivity index (χ0v) is 13.5. The summed E-state index contributed by atoms with van der Waals surface area (Å²) in [4.78, 5) is 8.66. The van der Waals surface area contributed by atoms with Gasteiger partial charge in [0.25, 0.3) is 5.89 Å². The second-order valence-corrected chi connectivity index (χ2v) is 5.88.